The normalized spacial score (nSPS) is 11.7. The molecule has 0 aliphatic carbocycles. The van der Waals surface area contributed by atoms with Gasteiger partial charge in [-0.3, -0.25) is 4.79 Å². The number of hydrogen-bond donors (Lipinski definition) is 3. The Kier molecular flexibility index (Phi) is 9.44. The number of aromatic nitrogens is 1. The number of hydrogen-bond acceptors (Lipinski definition) is 7. The van der Waals surface area contributed by atoms with Crippen LogP contribution in [0.1, 0.15) is 74.2 Å². The minimum absolute atomic E-state index is 0.000882. The number of aliphatic hydroxyl groups is 1. The summed E-state index contributed by atoms with van der Waals surface area (Å²) < 4.78 is 34.2. The number of unbranched alkanes of at least 4 members (excludes halogenated alkanes) is 2. The van der Waals surface area contributed by atoms with Gasteiger partial charge in [-0.15, -0.1) is 11.3 Å². The number of aliphatic hydroxyl groups excluding tert-OH is 1. The van der Waals surface area contributed by atoms with Crippen LogP contribution >= 0.6 is 22.9 Å². The minimum Gasteiger partial charge on any atom is -0.396 e. The summed E-state index contributed by atoms with van der Waals surface area (Å²) >= 11 is 7.23. The van der Waals surface area contributed by atoms with E-state index in [2.05, 4.69) is 22.1 Å². The summed E-state index contributed by atoms with van der Waals surface area (Å²) in [5.74, 6) is -0.713. The monoisotopic (exact) mass is 567 g/mol. The number of carbonyl (C=O) groups is 1. The van der Waals surface area contributed by atoms with Crippen LogP contribution in [0.4, 0.5) is 11.6 Å². The number of aryl methyl sites for hydroxylation is 4. The molecule has 11 heteroatoms. The number of sulfonamides is 1. The molecule has 3 aromatic rings. The number of nitrogens with zero attached hydrogens (tertiary/aromatic N) is 1. The molecule has 0 fully saturated rings. The van der Waals surface area contributed by atoms with Gasteiger partial charge in [0.25, 0.3) is 21.8 Å². The van der Waals surface area contributed by atoms with E-state index in [-0.39, 0.29) is 27.3 Å². The van der Waals surface area contributed by atoms with Crippen molar-refractivity contribution in [1.82, 2.24) is 5.16 Å². The van der Waals surface area contributed by atoms with Crippen molar-refractivity contribution in [3.05, 3.63) is 54.4 Å². The summed E-state index contributed by atoms with van der Waals surface area (Å²) in [7, 11) is -4.21. The van der Waals surface area contributed by atoms with Crippen molar-refractivity contribution in [3.63, 3.8) is 0 Å². The summed E-state index contributed by atoms with van der Waals surface area (Å²) in [6, 6.07) is 1.99. The average Bonchev–Trinajstić information content (AvgIpc) is 3.31. The zero-order valence-corrected chi connectivity index (χ0v) is 24.4. The topological polar surface area (TPSA) is 122 Å². The summed E-state index contributed by atoms with van der Waals surface area (Å²) in [5.41, 5.74) is 5.44. The Bertz CT molecular complexity index is 1410. The van der Waals surface area contributed by atoms with Crippen LogP contribution in [0.2, 0.25) is 5.02 Å². The highest BCUT2D eigenvalue weighted by Crippen LogP contribution is 2.36. The van der Waals surface area contributed by atoms with E-state index < -0.39 is 15.9 Å². The van der Waals surface area contributed by atoms with Gasteiger partial charge < -0.3 is 14.9 Å². The van der Waals surface area contributed by atoms with E-state index in [0.717, 1.165) is 59.3 Å². The Hall–Kier alpha value is -2.40. The zero-order chi connectivity index (χ0) is 27.5. The fraction of sp³-hybridized carbons (Fsp3) is 0.462. The fourth-order valence-electron chi connectivity index (χ4n) is 4.42. The van der Waals surface area contributed by atoms with Gasteiger partial charge in [-0.2, -0.15) is 0 Å². The third-order valence-electron chi connectivity index (χ3n) is 6.42. The van der Waals surface area contributed by atoms with Crippen LogP contribution in [0.25, 0.3) is 0 Å². The van der Waals surface area contributed by atoms with Crippen molar-refractivity contribution < 1.29 is 22.8 Å². The van der Waals surface area contributed by atoms with E-state index in [1.165, 1.54) is 0 Å². The predicted molar refractivity (Wildman–Crippen MR) is 149 cm³/mol. The first-order valence-corrected chi connectivity index (χ1v) is 14.9. The Morgan fingerprint density at radius 2 is 1.81 bits per heavy atom. The number of anilines is 2. The maximum Gasteiger partial charge on any atom is 0.267 e. The Morgan fingerprint density at radius 1 is 1.11 bits per heavy atom. The predicted octanol–water partition coefficient (Wildman–Crippen LogP) is 6.25. The van der Waals surface area contributed by atoms with Crippen LogP contribution in [0.5, 0.6) is 0 Å². The highest BCUT2D eigenvalue weighted by molar-refractivity contribution is 7.93. The van der Waals surface area contributed by atoms with Crippen LogP contribution < -0.4 is 10.0 Å². The summed E-state index contributed by atoms with van der Waals surface area (Å²) in [4.78, 5) is 14.3. The zero-order valence-electron chi connectivity index (χ0n) is 22.0. The average molecular weight is 568 g/mol. The van der Waals surface area contributed by atoms with Crippen LogP contribution in [-0.2, 0) is 22.9 Å². The lowest BCUT2D eigenvalue weighted by molar-refractivity contribution is 0.102. The van der Waals surface area contributed by atoms with Gasteiger partial charge >= 0.3 is 0 Å². The molecule has 0 atom stereocenters. The molecule has 0 bridgehead atoms. The molecule has 3 rings (SSSR count). The van der Waals surface area contributed by atoms with Gasteiger partial charge in [0.2, 0.25) is 0 Å². The van der Waals surface area contributed by atoms with E-state index in [1.54, 1.807) is 20.8 Å². The molecule has 2 heterocycles. The molecule has 1 aromatic carbocycles. The molecule has 37 heavy (non-hydrogen) atoms. The van der Waals surface area contributed by atoms with Crippen LogP contribution in [-0.4, -0.2) is 31.2 Å². The van der Waals surface area contributed by atoms with Gasteiger partial charge in [0.05, 0.1) is 0 Å². The third kappa shape index (κ3) is 6.19. The quantitative estimate of drug-likeness (QED) is 0.235. The number of thiophene rings is 1. The smallest absolute Gasteiger partial charge is 0.267 e. The van der Waals surface area contributed by atoms with Crippen molar-refractivity contribution in [2.24, 2.45) is 0 Å². The van der Waals surface area contributed by atoms with Gasteiger partial charge in [0.1, 0.15) is 20.5 Å². The van der Waals surface area contributed by atoms with Crippen LogP contribution in [0.3, 0.4) is 0 Å². The molecule has 0 saturated carbocycles. The molecule has 1 amide bonds. The molecule has 0 radical (unpaired) electrons. The lowest BCUT2D eigenvalue weighted by Gasteiger charge is -2.20. The second-order valence-electron chi connectivity index (χ2n) is 9.19. The van der Waals surface area contributed by atoms with E-state index in [1.807, 2.05) is 19.9 Å². The molecule has 0 saturated heterocycles. The number of halogens is 1. The molecule has 0 aliphatic rings. The second kappa shape index (κ2) is 12.0. The molecule has 3 N–H and O–H groups in total. The molecule has 0 unspecified atom stereocenters. The van der Waals surface area contributed by atoms with E-state index in [4.69, 9.17) is 16.1 Å². The second-order valence-corrected chi connectivity index (χ2v) is 12.4. The lowest BCUT2D eigenvalue weighted by atomic mass is 9.91. The van der Waals surface area contributed by atoms with Crippen molar-refractivity contribution >= 4 is 50.4 Å². The first-order valence-electron chi connectivity index (χ1n) is 12.2. The SMILES string of the molecule is CCCCCc1c(CCO)c(C)cc(C)c1NC(=O)c1sc(C)c(C)c1S(=O)(=O)Nc1onc(C)c1Cl. The largest absolute Gasteiger partial charge is 0.396 e. The Morgan fingerprint density at radius 3 is 2.41 bits per heavy atom. The molecule has 202 valence electrons. The van der Waals surface area contributed by atoms with Crippen LogP contribution in [0.15, 0.2) is 15.5 Å². The minimum atomic E-state index is -4.21. The summed E-state index contributed by atoms with van der Waals surface area (Å²) in [5, 5.41) is 16.4. The van der Waals surface area contributed by atoms with Crippen molar-refractivity contribution in [2.75, 3.05) is 16.6 Å². The number of carbonyl (C=O) groups excluding carboxylic acids is 1. The number of nitrogens with one attached hydrogen (secondary N) is 2. The Balaban J connectivity index is 2.06. The molecule has 0 aliphatic heterocycles. The van der Waals surface area contributed by atoms with Crippen molar-refractivity contribution in [1.29, 1.82) is 0 Å². The summed E-state index contributed by atoms with van der Waals surface area (Å²) in [6.07, 6.45) is 4.27. The number of amides is 1. The molecule has 2 aromatic heterocycles. The first-order chi connectivity index (χ1) is 17.4. The maximum absolute atomic E-state index is 13.7. The van der Waals surface area contributed by atoms with Crippen LogP contribution in [0, 0.1) is 34.6 Å². The molecule has 0 spiro atoms. The molecule has 8 nitrogen and oxygen atoms in total. The van der Waals surface area contributed by atoms with E-state index >= 15 is 0 Å². The van der Waals surface area contributed by atoms with E-state index in [0.29, 0.717) is 28.2 Å². The Labute approximate surface area is 227 Å². The highest BCUT2D eigenvalue weighted by Gasteiger charge is 2.31. The van der Waals surface area contributed by atoms with Gasteiger partial charge in [0, 0.05) is 17.2 Å². The fourth-order valence-corrected chi connectivity index (χ4v) is 7.44. The highest BCUT2D eigenvalue weighted by atomic mass is 35.5. The number of rotatable bonds is 11. The molecular weight excluding hydrogens is 534 g/mol. The lowest BCUT2D eigenvalue weighted by Crippen LogP contribution is -2.20. The first kappa shape index (κ1) is 29.2. The standard InChI is InChI=1S/C26H34ClN3O5S2/c1-7-8-9-10-20-19(11-12-31)14(2)13-15(3)22(20)28-25(32)23-24(16(4)18(6)36-23)37(33,34)30-26-21(27)17(5)29-35-26/h13,30-31H,7-12H2,1-6H3,(H,28,32). The van der Waals surface area contributed by atoms with Gasteiger partial charge in [-0.05, 0) is 81.7 Å². The molecular formula is C26H34ClN3O5S2. The van der Waals surface area contributed by atoms with Gasteiger partial charge in [-0.25, -0.2) is 13.1 Å². The van der Waals surface area contributed by atoms with Crippen molar-refractivity contribution in [3.8, 4) is 0 Å². The number of benzene rings is 1. The van der Waals surface area contributed by atoms with Gasteiger partial charge in [-0.1, -0.05) is 42.6 Å². The summed E-state index contributed by atoms with van der Waals surface area (Å²) in [6.45, 7) is 11.1. The third-order valence-corrected chi connectivity index (χ3v) is 9.71. The van der Waals surface area contributed by atoms with Gasteiger partial charge in [0.15, 0.2) is 0 Å². The maximum atomic E-state index is 13.7. The van der Waals surface area contributed by atoms with E-state index in [9.17, 15) is 18.3 Å². The van der Waals surface area contributed by atoms with Crippen molar-refractivity contribution in [2.45, 2.75) is 78.5 Å².